The van der Waals surface area contributed by atoms with Crippen LogP contribution in [0.4, 0.5) is 0 Å². The monoisotopic (exact) mass is 434 g/mol. The van der Waals surface area contributed by atoms with E-state index < -0.39 is 0 Å². The summed E-state index contributed by atoms with van der Waals surface area (Å²) in [6.07, 6.45) is 2.47. The van der Waals surface area contributed by atoms with Gasteiger partial charge in [0, 0.05) is 29.2 Å². The van der Waals surface area contributed by atoms with Gasteiger partial charge >= 0.3 is 0 Å². The Morgan fingerprint density at radius 3 is 2.48 bits per heavy atom. The second kappa shape index (κ2) is 10.3. The highest BCUT2D eigenvalue weighted by Crippen LogP contribution is 2.30. The van der Waals surface area contributed by atoms with Crippen LogP contribution >= 0.6 is 11.6 Å². The molecule has 0 spiro atoms. The Morgan fingerprint density at radius 1 is 1.00 bits per heavy atom. The van der Waals surface area contributed by atoms with Crippen LogP contribution in [-0.2, 0) is 6.54 Å². The van der Waals surface area contributed by atoms with Gasteiger partial charge in [0.1, 0.15) is 5.75 Å². The standard InChI is InChI=1S/C27H31ClN2O/c1-19(2)31-26-15-12-22(20-10-13-24(28)14-11-20)17-23(26)18-30-25-9-6-16-29-27(25)21-7-4-3-5-8-21/h3-5,7-8,10-15,17,19,25,27,29-30H,6,9,16,18H2,1-2H3. The van der Waals surface area contributed by atoms with E-state index in [1.165, 1.54) is 23.1 Å². The van der Waals surface area contributed by atoms with Crippen LogP contribution in [0.25, 0.3) is 11.1 Å². The van der Waals surface area contributed by atoms with Crippen molar-refractivity contribution in [2.75, 3.05) is 6.54 Å². The number of hydrogen-bond donors (Lipinski definition) is 2. The lowest BCUT2D eigenvalue weighted by Gasteiger charge is -2.34. The summed E-state index contributed by atoms with van der Waals surface area (Å²) in [4.78, 5) is 0. The minimum Gasteiger partial charge on any atom is -0.491 e. The predicted octanol–water partition coefficient (Wildman–Crippen LogP) is 6.38. The van der Waals surface area contributed by atoms with E-state index in [1.54, 1.807) is 0 Å². The van der Waals surface area contributed by atoms with Crippen molar-refractivity contribution >= 4 is 11.6 Å². The molecule has 1 fully saturated rings. The molecule has 1 saturated heterocycles. The molecule has 4 rings (SSSR count). The van der Waals surface area contributed by atoms with Gasteiger partial charge in [-0.1, -0.05) is 60.1 Å². The van der Waals surface area contributed by atoms with Gasteiger partial charge in [0.25, 0.3) is 0 Å². The highest BCUT2D eigenvalue weighted by molar-refractivity contribution is 6.30. The van der Waals surface area contributed by atoms with Crippen molar-refractivity contribution in [3.63, 3.8) is 0 Å². The number of ether oxygens (including phenoxy) is 1. The van der Waals surface area contributed by atoms with Gasteiger partial charge < -0.3 is 15.4 Å². The fraction of sp³-hybridized carbons (Fsp3) is 0.333. The van der Waals surface area contributed by atoms with Gasteiger partial charge in [0.2, 0.25) is 0 Å². The minimum absolute atomic E-state index is 0.133. The van der Waals surface area contributed by atoms with Crippen LogP contribution in [0.5, 0.6) is 5.75 Å². The van der Waals surface area contributed by atoms with E-state index in [9.17, 15) is 0 Å². The lowest BCUT2D eigenvalue weighted by atomic mass is 9.92. The number of benzene rings is 3. The minimum atomic E-state index is 0.133. The Morgan fingerprint density at radius 2 is 1.74 bits per heavy atom. The summed E-state index contributed by atoms with van der Waals surface area (Å²) in [7, 11) is 0. The van der Waals surface area contributed by atoms with Gasteiger partial charge in [-0.05, 0) is 74.2 Å². The van der Waals surface area contributed by atoms with Crippen molar-refractivity contribution in [3.8, 4) is 16.9 Å². The molecule has 162 valence electrons. The molecule has 0 bridgehead atoms. The SMILES string of the molecule is CC(C)Oc1ccc(-c2ccc(Cl)cc2)cc1CNC1CCCNC1c1ccccc1. The zero-order chi connectivity index (χ0) is 21.6. The van der Waals surface area contributed by atoms with Crippen LogP contribution in [0.2, 0.25) is 5.02 Å². The van der Waals surface area contributed by atoms with Gasteiger partial charge in [-0.25, -0.2) is 0 Å². The van der Waals surface area contributed by atoms with Crippen LogP contribution in [-0.4, -0.2) is 18.7 Å². The summed E-state index contributed by atoms with van der Waals surface area (Å²) in [6, 6.07) is 25.9. The Labute approximate surface area is 190 Å². The van der Waals surface area contributed by atoms with Crippen LogP contribution in [0.3, 0.4) is 0 Å². The van der Waals surface area contributed by atoms with Gasteiger partial charge in [-0.15, -0.1) is 0 Å². The largest absolute Gasteiger partial charge is 0.491 e. The highest BCUT2D eigenvalue weighted by atomic mass is 35.5. The van der Waals surface area contributed by atoms with E-state index in [1.807, 2.05) is 12.1 Å². The lowest BCUT2D eigenvalue weighted by molar-refractivity contribution is 0.238. The topological polar surface area (TPSA) is 33.3 Å². The van der Waals surface area contributed by atoms with Crippen LogP contribution < -0.4 is 15.4 Å². The first kappa shape index (κ1) is 21.9. The third-order valence-electron chi connectivity index (χ3n) is 5.77. The molecule has 2 atom stereocenters. The van der Waals surface area contributed by atoms with Crippen molar-refractivity contribution in [1.29, 1.82) is 0 Å². The second-order valence-corrected chi connectivity index (χ2v) is 8.90. The van der Waals surface area contributed by atoms with E-state index in [2.05, 4.69) is 85.1 Å². The quantitative estimate of drug-likeness (QED) is 0.452. The molecule has 2 N–H and O–H groups in total. The maximum absolute atomic E-state index is 6.13. The molecule has 0 radical (unpaired) electrons. The first-order valence-corrected chi connectivity index (χ1v) is 11.5. The molecule has 4 heteroatoms. The molecule has 3 nitrogen and oxygen atoms in total. The number of hydrogen-bond acceptors (Lipinski definition) is 3. The maximum Gasteiger partial charge on any atom is 0.124 e. The van der Waals surface area contributed by atoms with Crippen LogP contribution in [0, 0.1) is 0 Å². The van der Waals surface area contributed by atoms with Crippen LogP contribution in [0.15, 0.2) is 72.8 Å². The first-order chi connectivity index (χ1) is 15.1. The summed E-state index contributed by atoms with van der Waals surface area (Å²) in [5.41, 5.74) is 4.85. The van der Waals surface area contributed by atoms with E-state index in [-0.39, 0.29) is 6.10 Å². The normalized spacial score (nSPS) is 18.8. The maximum atomic E-state index is 6.13. The summed E-state index contributed by atoms with van der Waals surface area (Å²) in [5, 5.41) is 8.28. The Bertz CT molecular complexity index is 972. The average Bonchev–Trinajstić information content (AvgIpc) is 2.79. The number of halogens is 1. The molecule has 3 aromatic carbocycles. The van der Waals surface area contributed by atoms with Gasteiger partial charge in [-0.3, -0.25) is 0 Å². The first-order valence-electron chi connectivity index (χ1n) is 11.2. The van der Waals surface area contributed by atoms with Crippen molar-refractivity contribution < 1.29 is 4.74 Å². The Kier molecular flexibility index (Phi) is 7.29. The Balaban J connectivity index is 1.56. The zero-order valence-electron chi connectivity index (χ0n) is 18.3. The molecule has 31 heavy (non-hydrogen) atoms. The molecule has 1 aliphatic heterocycles. The third-order valence-corrected chi connectivity index (χ3v) is 6.02. The van der Waals surface area contributed by atoms with E-state index >= 15 is 0 Å². The fourth-order valence-electron chi connectivity index (χ4n) is 4.27. The van der Waals surface area contributed by atoms with E-state index in [4.69, 9.17) is 16.3 Å². The summed E-state index contributed by atoms with van der Waals surface area (Å²) in [6.45, 7) is 5.96. The van der Waals surface area contributed by atoms with Gasteiger partial charge in [0.05, 0.1) is 6.10 Å². The van der Waals surface area contributed by atoms with E-state index in [0.29, 0.717) is 12.1 Å². The molecular formula is C27H31ClN2O. The molecule has 0 saturated carbocycles. The summed E-state index contributed by atoms with van der Waals surface area (Å²) < 4.78 is 6.13. The molecule has 1 aliphatic rings. The smallest absolute Gasteiger partial charge is 0.124 e. The number of nitrogens with one attached hydrogen (secondary N) is 2. The van der Waals surface area contributed by atoms with Crippen molar-refractivity contribution in [2.45, 2.75) is 51.4 Å². The average molecular weight is 435 g/mol. The highest BCUT2D eigenvalue weighted by Gasteiger charge is 2.25. The molecular weight excluding hydrogens is 404 g/mol. The van der Waals surface area contributed by atoms with Gasteiger partial charge in [-0.2, -0.15) is 0 Å². The molecule has 0 amide bonds. The zero-order valence-corrected chi connectivity index (χ0v) is 19.0. The Hall–Kier alpha value is -2.33. The van der Waals surface area contributed by atoms with Crippen molar-refractivity contribution in [2.24, 2.45) is 0 Å². The van der Waals surface area contributed by atoms with Crippen molar-refractivity contribution in [3.05, 3.63) is 88.9 Å². The molecule has 3 aromatic rings. The lowest BCUT2D eigenvalue weighted by Crippen LogP contribution is -2.45. The third kappa shape index (κ3) is 5.68. The molecule has 2 unspecified atom stereocenters. The van der Waals surface area contributed by atoms with Gasteiger partial charge in [0.15, 0.2) is 0 Å². The van der Waals surface area contributed by atoms with Crippen LogP contribution in [0.1, 0.15) is 43.9 Å². The predicted molar refractivity (Wildman–Crippen MR) is 130 cm³/mol. The molecule has 0 aromatic heterocycles. The number of rotatable bonds is 7. The summed E-state index contributed by atoms with van der Waals surface area (Å²) in [5.74, 6) is 0.945. The second-order valence-electron chi connectivity index (χ2n) is 8.47. The fourth-order valence-corrected chi connectivity index (χ4v) is 4.39. The summed E-state index contributed by atoms with van der Waals surface area (Å²) >= 11 is 6.08. The van der Waals surface area contributed by atoms with Crippen molar-refractivity contribution in [1.82, 2.24) is 10.6 Å². The molecule has 0 aliphatic carbocycles. The van der Waals surface area contributed by atoms with E-state index in [0.717, 1.165) is 35.8 Å². The number of piperidine rings is 1. The molecule has 1 heterocycles.